The van der Waals surface area contributed by atoms with Gasteiger partial charge in [-0.1, -0.05) is 41.1 Å². The van der Waals surface area contributed by atoms with E-state index < -0.39 is 0 Å². The molecule has 1 saturated heterocycles. The predicted molar refractivity (Wildman–Crippen MR) is 124 cm³/mol. The zero-order valence-corrected chi connectivity index (χ0v) is 19.2. The molecule has 1 amide bonds. The summed E-state index contributed by atoms with van der Waals surface area (Å²) in [6.45, 7) is 7.05. The third-order valence-corrected chi connectivity index (χ3v) is 6.35. The summed E-state index contributed by atoms with van der Waals surface area (Å²) in [6, 6.07) is 12.7. The number of rotatable bonds is 4. The maximum absolute atomic E-state index is 13.3. The van der Waals surface area contributed by atoms with Crippen molar-refractivity contribution >= 4 is 40.2 Å². The van der Waals surface area contributed by atoms with Gasteiger partial charge >= 0.3 is 0 Å². The van der Waals surface area contributed by atoms with Crippen molar-refractivity contribution in [2.45, 2.75) is 38.1 Å². The van der Waals surface area contributed by atoms with Crippen molar-refractivity contribution in [1.29, 1.82) is 0 Å². The molecule has 8 heteroatoms. The molecule has 162 valence electrons. The molecule has 0 saturated carbocycles. The highest BCUT2D eigenvalue weighted by atomic mass is 35.5. The summed E-state index contributed by atoms with van der Waals surface area (Å²) < 4.78 is 7.29. The monoisotopic (exact) mass is 457 g/mol. The van der Waals surface area contributed by atoms with Gasteiger partial charge in [-0.3, -0.25) is 14.2 Å². The van der Waals surface area contributed by atoms with Crippen molar-refractivity contribution in [3.63, 3.8) is 0 Å². The summed E-state index contributed by atoms with van der Waals surface area (Å²) in [7, 11) is 0. The molecule has 0 N–H and O–H groups in total. The smallest absolute Gasteiger partial charge is 0.266 e. The van der Waals surface area contributed by atoms with Crippen LogP contribution in [0, 0.1) is 6.92 Å². The first-order chi connectivity index (χ1) is 14.8. The molecule has 2 atom stereocenters. The number of ether oxygens (including phenoxy) is 1. The molecule has 1 aliphatic rings. The van der Waals surface area contributed by atoms with Gasteiger partial charge in [0.05, 0.1) is 34.6 Å². The number of carbonyl (C=O) groups is 1. The summed E-state index contributed by atoms with van der Waals surface area (Å²) in [6.07, 6.45) is 0.00810. The van der Waals surface area contributed by atoms with E-state index in [9.17, 15) is 9.59 Å². The fourth-order valence-corrected chi connectivity index (χ4v) is 4.84. The van der Waals surface area contributed by atoms with Crippen molar-refractivity contribution in [3.8, 4) is 5.69 Å². The molecular formula is C23H24ClN3O3S. The molecule has 3 aromatic rings. The van der Waals surface area contributed by atoms with Crippen LogP contribution in [0.2, 0.25) is 5.02 Å². The number of hydrogen-bond donors (Lipinski definition) is 0. The normalized spacial score (nSPS) is 19.0. The van der Waals surface area contributed by atoms with E-state index in [0.717, 1.165) is 5.56 Å². The highest BCUT2D eigenvalue weighted by Gasteiger charge is 2.26. The number of fused-ring (bicyclic) bond motifs is 1. The highest BCUT2D eigenvalue weighted by molar-refractivity contribution is 7.99. The fourth-order valence-electron chi connectivity index (χ4n) is 3.76. The Morgan fingerprint density at radius 1 is 1.16 bits per heavy atom. The number of carbonyl (C=O) groups excluding carboxylic acids is 1. The molecule has 2 aromatic carbocycles. The molecule has 6 nitrogen and oxygen atoms in total. The Balaban J connectivity index is 1.70. The van der Waals surface area contributed by atoms with Crippen LogP contribution < -0.4 is 5.56 Å². The third kappa shape index (κ3) is 4.79. The van der Waals surface area contributed by atoms with Crippen LogP contribution in [0.15, 0.2) is 52.4 Å². The Labute approximate surface area is 190 Å². The largest absolute Gasteiger partial charge is 0.372 e. The number of aryl methyl sites for hydroxylation is 1. The van der Waals surface area contributed by atoms with Crippen LogP contribution in [0.25, 0.3) is 16.6 Å². The van der Waals surface area contributed by atoms with E-state index >= 15 is 0 Å². The van der Waals surface area contributed by atoms with Gasteiger partial charge in [0.2, 0.25) is 5.91 Å². The van der Waals surface area contributed by atoms with Crippen LogP contribution in [0.1, 0.15) is 19.4 Å². The number of thioether (sulfide) groups is 1. The maximum atomic E-state index is 13.3. The lowest BCUT2D eigenvalue weighted by Crippen LogP contribution is -2.48. The van der Waals surface area contributed by atoms with Gasteiger partial charge in [0.1, 0.15) is 0 Å². The average Bonchev–Trinajstić information content (AvgIpc) is 2.72. The molecular weight excluding hydrogens is 434 g/mol. The number of nitrogens with zero attached hydrogens (tertiary/aromatic N) is 3. The first kappa shape index (κ1) is 21.9. The minimum absolute atomic E-state index is 0.00268. The van der Waals surface area contributed by atoms with Gasteiger partial charge in [0.25, 0.3) is 5.56 Å². The summed E-state index contributed by atoms with van der Waals surface area (Å²) in [4.78, 5) is 32.7. The van der Waals surface area contributed by atoms with Crippen LogP contribution in [0.5, 0.6) is 0 Å². The van der Waals surface area contributed by atoms with Crippen LogP contribution in [0.4, 0.5) is 0 Å². The molecule has 4 rings (SSSR count). The van der Waals surface area contributed by atoms with E-state index in [-0.39, 0.29) is 29.4 Å². The minimum Gasteiger partial charge on any atom is -0.372 e. The Kier molecular flexibility index (Phi) is 6.36. The topological polar surface area (TPSA) is 64.4 Å². The fraction of sp³-hybridized carbons (Fsp3) is 0.348. The summed E-state index contributed by atoms with van der Waals surface area (Å²) >= 11 is 7.39. The first-order valence-corrected chi connectivity index (χ1v) is 11.5. The lowest BCUT2D eigenvalue weighted by Gasteiger charge is -2.35. The van der Waals surface area contributed by atoms with E-state index in [4.69, 9.17) is 16.3 Å². The van der Waals surface area contributed by atoms with Gasteiger partial charge in [0, 0.05) is 18.1 Å². The van der Waals surface area contributed by atoms with E-state index in [1.54, 1.807) is 22.8 Å². The molecule has 1 fully saturated rings. The summed E-state index contributed by atoms with van der Waals surface area (Å²) in [5.74, 6) is 0.187. The molecule has 1 aliphatic heterocycles. The van der Waals surface area contributed by atoms with Gasteiger partial charge in [-0.05, 0) is 51.1 Å². The van der Waals surface area contributed by atoms with E-state index in [1.807, 2.05) is 49.9 Å². The van der Waals surface area contributed by atoms with Crippen molar-refractivity contribution in [2.75, 3.05) is 18.8 Å². The van der Waals surface area contributed by atoms with Gasteiger partial charge in [-0.15, -0.1) is 0 Å². The first-order valence-electron chi connectivity index (χ1n) is 10.2. The van der Waals surface area contributed by atoms with Crippen molar-refractivity contribution in [2.24, 2.45) is 0 Å². The maximum Gasteiger partial charge on any atom is 0.266 e. The lowest BCUT2D eigenvalue weighted by atomic mass is 10.2. The van der Waals surface area contributed by atoms with Crippen LogP contribution in [-0.4, -0.2) is 51.4 Å². The van der Waals surface area contributed by atoms with Crippen molar-refractivity contribution in [1.82, 2.24) is 14.5 Å². The van der Waals surface area contributed by atoms with Crippen LogP contribution >= 0.6 is 23.4 Å². The van der Waals surface area contributed by atoms with Crippen LogP contribution in [0.3, 0.4) is 0 Å². The number of benzene rings is 2. The van der Waals surface area contributed by atoms with Crippen LogP contribution in [-0.2, 0) is 9.53 Å². The number of aromatic nitrogens is 2. The number of morpholine rings is 1. The van der Waals surface area contributed by atoms with Crippen molar-refractivity contribution in [3.05, 3.63) is 63.4 Å². The second-order valence-corrected chi connectivity index (χ2v) is 9.26. The van der Waals surface area contributed by atoms with E-state index in [2.05, 4.69) is 4.98 Å². The minimum atomic E-state index is -0.186. The Morgan fingerprint density at radius 3 is 2.52 bits per heavy atom. The third-order valence-electron chi connectivity index (χ3n) is 5.19. The molecule has 2 unspecified atom stereocenters. The average molecular weight is 458 g/mol. The molecule has 0 aliphatic carbocycles. The lowest BCUT2D eigenvalue weighted by molar-refractivity contribution is -0.140. The number of hydrogen-bond acceptors (Lipinski definition) is 5. The molecule has 0 spiro atoms. The molecule has 31 heavy (non-hydrogen) atoms. The predicted octanol–water partition coefficient (Wildman–Crippen LogP) is 4.08. The number of amides is 1. The van der Waals surface area contributed by atoms with Gasteiger partial charge in [0.15, 0.2) is 5.16 Å². The Morgan fingerprint density at radius 2 is 1.84 bits per heavy atom. The summed E-state index contributed by atoms with van der Waals surface area (Å²) in [5.41, 5.74) is 2.14. The SMILES string of the molecule is Cc1ccc(-n2c(SCC(=O)N3CC(C)OC(C)C3)nc3cc(Cl)ccc3c2=O)cc1. The zero-order chi connectivity index (χ0) is 22.1. The van der Waals surface area contributed by atoms with Crippen molar-refractivity contribution < 1.29 is 9.53 Å². The van der Waals surface area contributed by atoms with Gasteiger partial charge in [-0.25, -0.2) is 4.98 Å². The standard InChI is InChI=1S/C23H24ClN3O3S/c1-14-4-7-18(8-5-14)27-22(29)19-9-6-17(24)10-20(19)25-23(27)31-13-21(28)26-11-15(2)30-16(3)12-26/h4-10,15-16H,11-13H2,1-3H3. The Bertz CT molecular complexity index is 1170. The highest BCUT2D eigenvalue weighted by Crippen LogP contribution is 2.24. The molecule has 0 bridgehead atoms. The van der Waals surface area contributed by atoms with E-state index in [0.29, 0.717) is 39.9 Å². The Hall–Kier alpha value is -2.35. The summed E-state index contributed by atoms with van der Waals surface area (Å²) in [5, 5.41) is 1.46. The quantitative estimate of drug-likeness (QED) is 0.436. The zero-order valence-electron chi connectivity index (χ0n) is 17.7. The molecule has 0 radical (unpaired) electrons. The number of halogens is 1. The molecule has 1 aromatic heterocycles. The van der Waals surface area contributed by atoms with Gasteiger partial charge < -0.3 is 9.64 Å². The molecule has 2 heterocycles. The second-order valence-electron chi connectivity index (χ2n) is 7.88. The van der Waals surface area contributed by atoms with Gasteiger partial charge in [-0.2, -0.15) is 0 Å². The van der Waals surface area contributed by atoms with E-state index in [1.165, 1.54) is 11.8 Å². The second kappa shape index (κ2) is 9.02.